The van der Waals surface area contributed by atoms with Crippen LogP contribution in [0.4, 0.5) is 0 Å². The van der Waals surface area contributed by atoms with Gasteiger partial charge in [0.25, 0.3) is 0 Å². The third-order valence-electron chi connectivity index (χ3n) is 6.59. The molecular weight excluding hydrogens is 496 g/mol. The Hall–Kier alpha value is -1.72. The predicted octanol–water partition coefficient (Wildman–Crippen LogP) is 4.19. The smallest absolute Gasteiger partial charge is 0.373 e. The van der Waals surface area contributed by atoms with E-state index >= 15 is 0 Å². The van der Waals surface area contributed by atoms with Crippen molar-refractivity contribution in [3.63, 3.8) is 0 Å². The highest BCUT2D eigenvalue weighted by Crippen LogP contribution is 2.41. The molecule has 0 aliphatic carbocycles. The largest absolute Gasteiger partial charge is 0.480 e. The van der Waals surface area contributed by atoms with Crippen molar-refractivity contribution in [1.82, 2.24) is 0 Å². The van der Waals surface area contributed by atoms with Crippen LogP contribution in [0.1, 0.15) is 86.5 Å². The van der Waals surface area contributed by atoms with E-state index in [-0.39, 0.29) is 11.7 Å². The van der Waals surface area contributed by atoms with E-state index in [1.807, 2.05) is 34.6 Å². The fraction of sp³-hybridized carbons (Fsp3) is 0.857. The zero-order valence-electron chi connectivity index (χ0n) is 23.9. The molecule has 38 heavy (non-hydrogen) atoms. The van der Waals surface area contributed by atoms with Crippen LogP contribution >= 0.6 is 0 Å². The van der Waals surface area contributed by atoms with Crippen molar-refractivity contribution in [3.05, 3.63) is 11.8 Å². The molecule has 0 aromatic carbocycles. The quantitative estimate of drug-likeness (QED) is 0.327. The van der Waals surface area contributed by atoms with Gasteiger partial charge in [-0.25, -0.2) is 9.59 Å². The topological polar surface area (TPSA) is 108 Å². The van der Waals surface area contributed by atoms with Gasteiger partial charge in [-0.2, -0.15) is 0 Å². The molecule has 2 spiro atoms. The van der Waals surface area contributed by atoms with Crippen molar-refractivity contribution >= 4 is 11.9 Å². The van der Waals surface area contributed by atoms with E-state index in [1.54, 1.807) is 6.08 Å². The van der Waals surface area contributed by atoms with Crippen LogP contribution < -0.4 is 0 Å². The number of rotatable bonds is 8. The second-order valence-electron chi connectivity index (χ2n) is 11.4. The lowest BCUT2D eigenvalue weighted by Gasteiger charge is -2.43. The molecule has 4 aliphatic rings. The molecule has 0 saturated carbocycles. The molecule has 0 amide bonds. The average molecular weight is 543 g/mol. The van der Waals surface area contributed by atoms with Gasteiger partial charge in [0, 0.05) is 25.3 Å². The zero-order chi connectivity index (χ0) is 27.9. The van der Waals surface area contributed by atoms with Gasteiger partial charge in [-0.3, -0.25) is 0 Å². The van der Waals surface area contributed by atoms with E-state index in [2.05, 4.69) is 6.92 Å². The van der Waals surface area contributed by atoms with E-state index in [9.17, 15) is 9.59 Å². The van der Waals surface area contributed by atoms with Crippen molar-refractivity contribution < 1.29 is 47.5 Å². The Labute approximate surface area is 226 Å². The Morgan fingerprint density at radius 3 is 2.03 bits per heavy atom. The Bertz CT molecular complexity index is 821. The number of carbonyl (C=O) groups is 2. The standard InChI is InChI=1S/C14H24O5.C14H22O5/c2*1-4-5-6-16-12(15)11-9-14(17-7-8-18-14)10-13(2,3)19-11/h11H,4-10H2,1-3H3;9H,4-8,10H2,1-3H3. The zero-order valence-corrected chi connectivity index (χ0v) is 23.9. The molecule has 218 valence electrons. The number of unbranched alkanes of at least 4 members (excludes halogenated alkanes) is 2. The highest BCUT2D eigenvalue weighted by atomic mass is 16.7. The van der Waals surface area contributed by atoms with Crippen LogP contribution in [-0.4, -0.2) is 80.5 Å². The molecule has 0 aromatic rings. The molecule has 10 heteroatoms. The van der Waals surface area contributed by atoms with E-state index in [0.717, 1.165) is 25.7 Å². The van der Waals surface area contributed by atoms with Crippen LogP contribution in [0.25, 0.3) is 0 Å². The first kappa shape index (κ1) is 30.8. The molecule has 1 unspecified atom stereocenters. The fourth-order valence-electron chi connectivity index (χ4n) is 5.07. The van der Waals surface area contributed by atoms with Crippen LogP contribution in [0.2, 0.25) is 0 Å². The van der Waals surface area contributed by atoms with Gasteiger partial charge in [-0.1, -0.05) is 26.7 Å². The summed E-state index contributed by atoms with van der Waals surface area (Å²) in [6.07, 6.45) is 6.33. The molecular formula is C28H46O10. The van der Waals surface area contributed by atoms with Gasteiger partial charge in [0.1, 0.15) is 5.60 Å². The minimum atomic E-state index is -0.832. The minimum Gasteiger partial charge on any atom is -0.480 e. The van der Waals surface area contributed by atoms with Gasteiger partial charge in [0.05, 0.1) is 45.2 Å². The number of hydrogen-bond acceptors (Lipinski definition) is 10. The Kier molecular flexibility index (Phi) is 10.6. The first-order valence-electron chi connectivity index (χ1n) is 13.9. The average Bonchev–Trinajstić information content (AvgIpc) is 3.46. The SMILES string of the molecule is CCCCOC(=O)C1=CC2(CC(C)(C)O1)OCCO2.CCCCOC(=O)C1CC2(CC(C)(C)O1)OCCO2. The number of esters is 2. The maximum atomic E-state index is 12.0. The molecule has 0 radical (unpaired) electrons. The maximum Gasteiger partial charge on any atom is 0.373 e. The molecule has 1 atom stereocenters. The van der Waals surface area contributed by atoms with Crippen molar-refractivity contribution in [1.29, 1.82) is 0 Å². The van der Waals surface area contributed by atoms with Crippen molar-refractivity contribution in [2.24, 2.45) is 0 Å². The molecule has 4 rings (SSSR count). The monoisotopic (exact) mass is 542 g/mol. The summed E-state index contributed by atoms with van der Waals surface area (Å²) in [4.78, 5) is 24.0. The van der Waals surface area contributed by atoms with E-state index in [1.165, 1.54) is 0 Å². The lowest BCUT2D eigenvalue weighted by Crippen LogP contribution is -2.53. The van der Waals surface area contributed by atoms with Gasteiger partial charge < -0.3 is 37.9 Å². The molecule has 4 heterocycles. The highest BCUT2D eigenvalue weighted by molar-refractivity contribution is 5.86. The Morgan fingerprint density at radius 2 is 1.42 bits per heavy atom. The Morgan fingerprint density at radius 1 is 0.842 bits per heavy atom. The van der Waals surface area contributed by atoms with Crippen LogP contribution in [0.15, 0.2) is 11.8 Å². The third kappa shape index (κ3) is 8.64. The second kappa shape index (κ2) is 13.1. The van der Waals surface area contributed by atoms with E-state index in [0.29, 0.717) is 58.9 Å². The summed E-state index contributed by atoms with van der Waals surface area (Å²) < 4.78 is 44.6. The number of hydrogen-bond donors (Lipinski definition) is 0. The van der Waals surface area contributed by atoms with Gasteiger partial charge in [-0.05, 0) is 40.5 Å². The molecule has 3 saturated heterocycles. The molecule has 4 aliphatic heterocycles. The van der Waals surface area contributed by atoms with Crippen LogP contribution in [0, 0.1) is 0 Å². The first-order valence-corrected chi connectivity index (χ1v) is 13.9. The summed E-state index contributed by atoms with van der Waals surface area (Å²) in [5.74, 6) is -2.06. The Balaban J connectivity index is 0.000000211. The molecule has 3 fully saturated rings. The van der Waals surface area contributed by atoms with Gasteiger partial charge in [0.15, 0.2) is 17.7 Å². The lowest BCUT2D eigenvalue weighted by atomic mass is 9.89. The lowest BCUT2D eigenvalue weighted by molar-refractivity contribution is -0.264. The van der Waals surface area contributed by atoms with E-state index < -0.39 is 34.8 Å². The van der Waals surface area contributed by atoms with Gasteiger partial charge in [-0.15, -0.1) is 0 Å². The third-order valence-corrected chi connectivity index (χ3v) is 6.59. The molecule has 10 nitrogen and oxygen atoms in total. The summed E-state index contributed by atoms with van der Waals surface area (Å²) in [6.45, 7) is 14.9. The summed E-state index contributed by atoms with van der Waals surface area (Å²) in [7, 11) is 0. The maximum absolute atomic E-state index is 12.0. The van der Waals surface area contributed by atoms with Crippen LogP contribution in [-0.2, 0) is 47.5 Å². The first-order chi connectivity index (χ1) is 17.9. The van der Waals surface area contributed by atoms with Crippen LogP contribution in [0.5, 0.6) is 0 Å². The normalized spacial score (nSPS) is 26.2. The highest BCUT2D eigenvalue weighted by Gasteiger charge is 2.51. The van der Waals surface area contributed by atoms with Gasteiger partial charge >= 0.3 is 11.9 Å². The van der Waals surface area contributed by atoms with Crippen molar-refractivity contribution in [3.8, 4) is 0 Å². The van der Waals surface area contributed by atoms with Crippen molar-refractivity contribution in [2.75, 3.05) is 39.6 Å². The summed E-state index contributed by atoms with van der Waals surface area (Å²) in [6, 6.07) is 0. The minimum absolute atomic E-state index is 0.189. The fourth-order valence-corrected chi connectivity index (χ4v) is 5.07. The van der Waals surface area contributed by atoms with Crippen LogP contribution in [0.3, 0.4) is 0 Å². The molecule has 0 bridgehead atoms. The summed E-state index contributed by atoms with van der Waals surface area (Å²) in [5.41, 5.74) is -0.963. The molecule has 0 aromatic heterocycles. The van der Waals surface area contributed by atoms with Gasteiger partial charge in [0.2, 0.25) is 5.76 Å². The van der Waals surface area contributed by atoms with Crippen molar-refractivity contribution in [2.45, 2.75) is 115 Å². The number of carbonyl (C=O) groups excluding carboxylic acids is 2. The molecule has 0 N–H and O–H groups in total. The number of ether oxygens (including phenoxy) is 8. The summed E-state index contributed by atoms with van der Waals surface area (Å²) in [5, 5.41) is 0. The predicted molar refractivity (Wildman–Crippen MR) is 137 cm³/mol. The second-order valence-corrected chi connectivity index (χ2v) is 11.4. The van der Waals surface area contributed by atoms with E-state index in [4.69, 9.17) is 37.9 Å². The summed E-state index contributed by atoms with van der Waals surface area (Å²) >= 11 is 0.